The summed E-state index contributed by atoms with van der Waals surface area (Å²) in [6.45, 7) is 4.95. The van der Waals surface area contributed by atoms with Crippen LogP contribution in [0.1, 0.15) is 57.8 Å². The number of carbonyl (C=O) groups is 1. The maximum absolute atomic E-state index is 13.6. The largest absolute Gasteiger partial charge is 0.383 e. The average molecular weight is 514 g/mol. The van der Waals surface area contributed by atoms with Crippen molar-refractivity contribution in [3.8, 4) is 5.69 Å². The van der Waals surface area contributed by atoms with Crippen molar-refractivity contribution in [2.45, 2.75) is 52.0 Å². The van der Waals surface area contributed by atoms with Crippen molar-refractivity contribution in [2.75, 3.05) is 20.3 Å². The van der Waals surface area contributed by atoms with Gasteiger partial charge in [-0.05, 0) is 49.7 Å². The summed E-state index contributed by atoms with van der Waals surface area (Å²) in [6, 6.07) is 14.5. The molecule has 6 nitrogen and oxygen atoms in total. The van der Waals surface area contributed by atoms with Crippen LogP contribution in [0.2, 0.25) is 0 Å². The normalized spacial score (nSPS) is 12.1. The van der Waals surface area contributed by atoms with Gasteiger partial charge in [-0.3, -0.25) is 14.2 Å². The molecule has 0 aliphatic rings. The third kappa shape index (κ3) is 6.09. The van der Waals surface area contributed by atoms with E-state index in [4.69, 9.17) is 9.72 Å². The Morgan fingerprint density at radius 3 is 2.55 bits per heavy atom. The molecule has 0 spiro atoms. The van der Waals surface area contributed by atoms with Gasteiger partial charge in [-0.1, -0.05) is 54.2 Å². The van der Waals surface area contributed by atoms with Gasteiger partial charge in [0, 0.05) is 24.5 Å². The number of nitrogens with zero attached hydrogens (tertiary/aromatic N) is 3. The summed E-state index contributed by atoms with van der Waals surface area (Å²) in [5.41, 5.74) is 1.19. The first-order valence-electron chi connectivity index (χ1n) is 11.5. The smallest absolute Gasteiger partial charge is 0.266 e. The molecule has 33 heavy (non-hydrogen) atoms. The third-order valence-corrected chi connectivity index (χ3v) is 6.36. The third-order valence-electron chi connectivity index (χ3n) is 5.83. The molecule has 0 saturated carbocycles. The van der Waals surface area contributed by atoms with Crippen LogP contribution >= 0.6 is 15.9 Å². The molecule has 0 radical (unpaired) electrons. The van der Waals surface area contributed by atoms with Crippen molar-refractivity contribution in [3.63, 3.8) is 0 Å². The Hall–Kier alpha value is -2.51. The number of para-hydroxylation sites is 1. The number of fused-ring (bicyclic) bond motifs is 1. The van der Waals surface area contributed by atoms with E-state index in [1.807, 2.05) is 49.4 Å². The Bertz CT molecular complexity index is 1130. The second kappa shape index (κ2) is 12.1. The van der Waals surface area contributed by atoms with Crippen molar-refractivity contribution in [3.05, 3.63) is 69.2 Å². The van der Waals surface area contributed by atoms with E-state index in [1.165, 1.54) is 0 Å². The zero-order valence-electron chi connectivity index (χ0n) is 19.6. The van der Waals surface area contributed by atoms with Gasteiger partial charge in [0.1, 0.15) is 5.82 Å². The molecule has 0 aliphatic carbocycles. The van der Waals surface area contributed by atoms with E-state index in [-0.39, 0.29) is 11.5 Å². The Labute approximate surface area is 203 Å². The van der Waals surface area contributed by atoms with Gasteiger partial charge < -0.3 is 9.64 Å². The highest BCUT2D eigenvalue weighted by Crippen LogP contribution is 2.24. The van der Waals surface area contributed by atoms with Gasteiger partial charge in [-0.15, -0.1) is 0 Å². The lowest BCUT2D eigenvalue weighted by molar-refractivity contribution is -0.134. The van der Waals surface area contributed by atoms with Gasteiger partial charge in [-0.25, -0.2) is 4.98 Å². The number of hydrogen-bond acceptors (Lipinski definition) is 4. The molecule has 1 heterocycles. The molecule has 3 rings (SSSR count). The van der Waals surface area contributed by atoms with Crippen molar-refractivity contribution in [2.24, 2.45) is 0 Å². The molecule has 0 fully saturated rings. The minimum Gasteiger partial charge on any atom is -0.383 e. The Balaban J connectivity index is 2.08. The maximum atomic E-state index is 13.6. The summed E-state index contributed by atoms with van der Waals surface area (Å²) in [5.74, 6) is 0.597. The molecule has 0 aliphatic heterocycles. The lowest BCUT2D eigenvalue weighted by Gasteiger charge is -2.30. The molecule has 0 saturated heterocycles. The number of hydrogen-bond donors (Lipinski definition) is 0. The number of carbonyl (C=O) groups excluding carboxylic acids is 1. The second-order valence-corrected chi connectivity index (χ2v) is 9.09. The molecular formula is C26H32BrN3O3. The Morgan fingerprint density at radius 2 is 1.85 bits per heavy atom. The van der Waals surface area contributed by atoms with Crippen molar-refractivity contribution >= 4 is 32.7 Å². The fraction of sp³-hybridized carbons (Fsp3) is 0.423. The van der Waals surface area contributed by atoms with Crippen LogP contribution in [0.3, 0.4) is 0 Å². The standard InChI is InChI=1S/C26H32BrN3O3/c1-4-5-6-7-12-24(31)29(17-18-33-3)19(2)25-28-23-11-9-8-10-22(23)26(32)30(25)21-15-13-20(27)14-16-21/h8-11,13-16,19H,4-7,12,17-18H2,1-3H3. The summed E-state index contributed by atoms with van der Waals surface area (Å²) >= 11 is 3.46. The highest BCUT2D eigenvalue weighted by molar-refractivity contribution is 9.10. The van der Waals surface area contributed by atoms with E-state index in [0.29, 0.717) is 42.0 Å². The first kappa shape index (κ1) is 25.1. The van der Waals surface area contributed by atoms with Gasteiger partial charge in [0.15, 0.2) is 0 Å². The van der Waals surface area contributed by atoms with Crippen molar-refractivity contribution < 1.29 is 9.53 Å². The first-order valence-corrected chi connectivity index (χ1v) is 12.3. The van der Waals surface area contributed by atoms with Gasteiger partial charge >= 0.3 is 0 Å². The van der Waals surface area contributed by atoms with E-state index in [1.54, 1.807) is 22.6 Å². The molecule has 176 valence electrons. The minimum absolute atomic E-state index is 0.0559. The summed E-state index contributed by atoms with van der Waals surface area (Å²) in [6.07, 6.45) is 4.61. The van der Waals surface area contributed by atoms with Crippen LogP contribution in [-0.4, -0.2) is 40.6 Å². The summed E-state index contributed by atoms with van der Waals surface area (Å²) in [5, 5.41) is 0.547. The lowest BCUT2D eigenvalue weighted by Crippen LogP contribution is -2.39. The number of halogens is 1. The fourth-order valence-corrected chi connectivity index (χ4v) is 4.24. The van der Waals surface area contributed by atoms with Crippen LogP contribution in [0.4, 0.5) is 0 Å². The predicted molar refractivity (Wildman–Crippen MR) is 136 cm³/mol. The summed E-state index contributed by atoms with van der Waals surface area (Å²) in [4.78, 5) is 33.5. The number of amides is 1. The Morgan fingerprint density at radius 1 is 1.12 bits per heavy atom. The zero-order valence-corrected chi connectivity index (χ0v) is 21.2. The molecule has 1 aromatic heterocycles. The highest BCUT2D eigenvalue weighted by atomic mass is 79.9. The monoisotopic (exact) mass is 513 g/mol. The fourth-order valence-electron chi connectivity index (χ4n) is 3.98. The van der Waals surface area contributed by atoms with Crippen LogP contribution in [-0.2, 0) is 9.53 Å². The van der Waals surface area contributed by atoms with Crippen LogP contribution in [0.15, 0.2) is 57.8 Å². The topological polar surface area (TPSA) is 64.4 Å². The van der Waals surface area contributed by atoms with Crippen LogP contribution in [0.25, 0.3) is 16.6 Å². The zero-order chi connectivity index (χ0) is 23.8. The average Bonchev–Trinajstić information content (AvgIpc) is 2.82. The van der Waals surface area contributed by atoms with E-state index in [9.17, 15) is 9.59 Å². The van der Waals surface area contributed by atoms with E-state index in [2.05, 4.69) is 22.9 Å². The molecule has 0 N–H and O–H groups in total. The van der Waals surface area contributed by atoms with Crippen LogP contribution in [0, 0.1) is 0 Å². The van der Waals surface area contributed by atoms with Gasteiger partial charge in [-0.2, -0.15) is 0 Å². The van der Waals surface area contributed by atoms with Gasteiger partial charge in [0.25, 0.3) is 5.56 Å². The van der Waals surface area contributed by atoms with Gasteiger partial charge in [0.2, 0.25) is 5.91 Å². The second-order valence-electron chi connectivity index (χ2n) is 8.17. The SMILES string of the molecule is CCCCCCC(=O)N(CCOC)C(C)c1nc2ccccc2c(=O)n1-c1ccc(Br)cc1. The molecule has 1 unspecified atom stereocenters. The number of benzene rings is 2. The number of methoxy groups -OCH3 is 1. The first-order chi connectivity index (χ1) is 16.0. The van der Waals surface area contributed by atoms with Gasteiger partial charge in [0.05, 0.1) is 29.2 Å². The van der Waals surface area contributed by atoms with E-state index in [0.717, 1.165) is 30.2 Å². The maximum Gasteiger partial charge on any atom is 0.266 e. The number of unbranched alkanes of at least 4 members (excludes halogenated alkanes) is 3. The van der Waals surface area contributed by atoms with Crippen molar-refractivity contribution in [1.29, 1.82) is 0 Å². The van der Waals surface area contributed by atoms with E-state index < -0.39 is 6.04 Å². The minimum atomic E-state index is -0.403. The number of aromatic nitrogens is 2. The number of ether oxygens (including phenoxy) is 1. The molecule has 2 aromatic carbocycles. The molecular weight excluding hydrogens is 482 g/mol. The van der Waals surface area contributed by atoms with E-state index >= 15 is 0 Å². The molecule has 1 amide bonds. The molecule has 1 atom stereocenters. The molecule has 3 aromatic rings. The molecule has 7 heteroatoms. The molecule has 0 bridgehead atoms. The summed E-state index contributed by atoms with van der Waals surface area (Å²) < 4.78 is 7.84. The summed E-state index contributed by atoms with van der Waals surface area (Å²) in [7, 11) is 1.63. The van der Waals surface area contributed by atoms with Crippen LogP contribution in [0.5, 0.6) is 0 Å². The predicted octanol–water partition coefficient (Wildman–Crippen LogP) is 5.65. The van der Waals surface area contributed by atoms with Crippen LogP contribution < -0.4 is 5.56 Å². The van der Waals surface area contributed by atoms with Crippen molar-refractivity contribution in [1.82, 2.24) is 14.5 Å². The number of rotatable bonds is 11. The lowest BCUT2D eigenvalue weighted by atomic mass is 10.1. The quantitative estimate of drug-likeness (QED) is 0.310. The highest BCUT2D eigenvalue weighted by Gasteiger charge is 2.26. The Kier molecular flexibility index (Phi) is 9.21.